The topological polar surface area (TPSA) is 32.5 Å². The summed E-state index contributed by atoms with van der Waals surface area (Å²) in [5, 5.41) is 0. The Kier molecular flexibility index (Phi) is 5.28. The van der Waals surface area contributed by atoms with Gasteiger partial charge in [0, 0.05) is 31.6 Å². The van der Waals surface area contributed by atoms with Crippen molar-refractivity contribution in [1.82, 2.24) is 9.80 Å². The monoisotopic (exact) mass is 287 g/mol. The number of benzene rings is 1. The van der Waals surface area contributed by atoms with Crippen molar-refractivity contribution in [1.29, 1.82) is 0 Å². The molecule has 0 amide bonds. The largest absolute Gasteiger partial charge is 0.330 e. The molecule has 3 rings (SSSR count). The number of hydrogen-bond donors (Lipinski definition) is 1. The van der Waals surface area contributed by atoms with Crippen LogP contribution in [-0.4, -0.2) is 55.1 Å². The molecule has 116 valence electrons. The Morgan fingerprint density at radius 1 is 1.05 bits per heavy atom. The van der Waals surface area contributed by atoms with Gasteiger partial charge in [-0.3, -0.25) is 4.90 Å². The molecule has 2 unspecified atom stereocenters. The molecule has 1 aromatic rings. The van der Waals surface area contributed by atoms with E-state index in [0.717, 1.165) is 19.1 Å². The van der Waals surface area contributed by atoms with Gasteiger partial charge in [-0.15, -0.1) is 0 Å². The van der Waals surface area contributed by atoms with Gasteiger partial charge in [-0.2, -0.15) is 0 Å². The first kappa shape index (κ1) is 15.0. The van der Waals surface area contributed by atoms with Crippen LogP contribution in [0.2, 0.25) is 0 Å². The minimum atomic E-state index is 0.478. The van der Waals surface area contributed by atoms with E-state index in [-0.39, 0.29) is 0 Å². The van der Waals surface area contributed by atoms with Gasteiger partial charge in [-0.1, -0.05) is 36.8 Å². The highest BCUT2D eigenvalue weighted by molar-refractivity contribution is 5.20. The standard InChI is InChI=1S/C18H29N3/c19-13-17(16-7-3-1-4-8-16)14-20-12-9-18(15-20)21-10-5-2-6-11-21/h1,3-4,7-8,17-18H,2,5-6,9-15,19H2. The molecule has 0 radical (unpaired) electrons. The highest BCUT2D eigenvalue weighted by Crippen LogP contribution is 2.23. The van der Waals surface area contributed by atoms with E-state index in [0.29, 0.717) is 5.92 Å². The van der Waals surface area contributed by atoms with Gasteiger partial charge < -0.3 is 10.6 Å². The van der Waals surface area contributed by atoms with Gasteiger partial charge in [0.1, 0.15) is 0 Å². The van der Waals surface area contributed by atoms with Crippen LogP contribution in [-0.2, 0) is 0 Å². The molecule has 2 aliphatic heterocycles. The summed E-state index contributed by atoms with van der Waals surface area (Å²) in [4.78, 5) is 5.35. The third-order valence-corrected chi connectivity index (χ3v) is 5.19. The second-order valence-electron chi connectivity index (χ2n) is 6.64. The lowest BCUT2D eigenvalue weighted by Gasteiger charge is -2.32. The summed E-state index contributed by atoms with van der Waals surface area (Å²) in [6.07, 6.45) is 5.56. The molecular formula is C18H29N3. The van der Waals surface area contributed by atoms with E-state index in [4.69, 9.17) is 5.73 Å². The number of nitrogens with two attached hydrogens (primary N) is 1. The molecule has 0 bridgehead atoms. The van der Waals surface area contributed by atoms with Crippen LogP contribution in [0.4, 0.5) is 0 Å². The van der Waals surface area contributed by atoms with Crippen molar-refractivity contribution in [2.45, 2.75) is 37.6 Å². The molecule has 21 heavy (non-hydrogen) atoms. The molecule has 2 N–H and O–H groups in total. The van der Waals surface area contributed by atoms with Gasteiger partial charge in [-0.05, 0) is 44.5 Å². The fourth-order valence-electron chi connectivity index (χ4n) is 3.91. The SMILES string of the molecule is NCC(CN1CCC(N2CCCCC2)C1)c1ccccc1. The molecule has 3 nitrogen and oxygen atoms in total. The van der Waals surface area contributed by atoms with Gasteiger partial charge in [0.25, 0.3) is 0 Å². The number of likely N-dealkylation sites (tertiary alicyclic amines) is 2. The van der Waals surface area contributed by atoms with Crippen LogP contribution in [0.3, 0.4) is 0 Å². The number of rotatable bonds is 5. The van der Waals surface area contributed by atoms with Crippen LogP contribution < -0.4 is 5.73 Å². The van der Waals surface area contributed by atoms with E-state index in [2.05, 4.69) is 40.1 Å². The number of piperidine rings is 1. The molecule has 2 aliphatic rings. The van der Waals surface area contributed by atoms with Crippen molar-refractivity contribution in [2.24, 2.45) is 5.73 Å². The maximum Gasteiger partial charge on any atom is 0.0235 e. The van der Waals surface area contributed by atoms with E-state index in [9.17, 15) is 0 Å². The summed E-state index contributed by atoms with van der Waals surface area (Å²) in [5.41, 5.74) is 7.41. The molecule has 2 atom stereocenters. The van der Waals surface area contributed by atoms with Crippen LogP contribution in [0.25, 0.3) is 0 Å². The molecule has 0 aliphatic carbocycles. The summed E-state index contributed by atoms with van der Waals surface area (Å²) >= 11 is 0. The molecule has 0 saturated carbocycles. The predicted octanol–water partition coefficient (Wildman–Crippen LogP) is 2.29. The first-order valence-electron chi connectivity index (χ1n) is 8.58. The maximum absolute atomic E-state index is 6.02. The summed E-state index contributed by atoms with van der Waals surface area (Å²) < 4.78 is 0. The van der Waals surface area contributed by atoms with Gasteiger partial charge >= 0.3 is 0 Å². The molecular weight excluding hydrogens is 258 g/mol. The molecule has 1 aromatic carbocycles. The zero-order valence-electron chi connectivity index (χ0n) is 13.1. The van der Waals surface area contributed by atoms with Crippen molar-refractivity contribution in [2.75, 3.05) is 39.3 Å². The second-order valence-corrected chi connectivity index (χ2v) is 6.64. The molecule has 0 aromatic heterocycles. The summed E-state index contributed by atoms with van der Waals surface area (Å²) in [7, 11) is 0. The average molecular weight is 287 g/mol. The Morgan fingerprint density at radius 2 is 1.81 bits per heavy atom. The third-order valence-electron chi connectivity index (χ3n) is 5.19. The molecule has 0 spiro atoms. The average Bonchev–Trinajstić information content (AvgIpc) is 3.03. The van der Waals surface area contributed by atoms with Crippen molar-refractivity contribution < 1.29 is 0 Å². The van der Waals surface area contributed by atoms with Crippen LogP contribution in [0.1, 0.15) is 37.2 Å². The van der Waals surface area contributed by atoms with Gasteiger partial charge in [0.2, 0.25) is 0 Å². The first-order valence-corrected chi connectivity index (χ1v) is 8.58. The lowest BCUT2D eigenvalue weighted by atomic mass is 9.99. The quantitative estimate of drug-likeness (QED) is 0.902. The maximum atomic E-state index is 6.02. The Hall–Kier alpha value is -0.900. The van der Waals surface area contributed by atoms with Crippen LogP contribution >= 0.6 is 0 Å². The molecule has 2 saturated heterocycles. The summed E-state index contributed by atoms with van der Waals surface area (Å²) in [5.74, 6) is 0.478. The third kappa shape index (κ3) is 3.85. The van der Waals surface area contributed by atoms with Crippen molar-refractivity contribution in [3.05, 3.63) is 35.9 Å². The van der Waals surface area contributed by atoms with Crippen molar-refractivity contribution in [3.8, 4) is 0 Å². The number of hydrogen-bond acceptors (Lipinski definition) is 3. The molecule has 2 heterocycles. The van der Waals surface area contributed by atoms with E-state index < -0.39 is 0 Å². The zero-order chi connectivity index (χ0) is 14.5. The lowest BCUT2D eigenvalue weighted by molar-refractivity contribution is 0.161. The van der Waals surface area contributed by atoms with E-state index in [1.54, 1.807) is 0 Å². The van der Waals surface area contributed by atoms with Crippen molar-refractivity contribution in [3.63, 3.8) is 0 Å². The Labute approximate surface area is 129 Å². The Morgan fingerprint density at radius 3 is 2.52 bits per heavy atom. The lowest BCUT2D eigenvalue weighted by Crippen LogP contribution is -2.41. The minimum Gasteiger partial charge on any atom is -0.330 e. The predicted molar refractivity (Wildman–Crippen MR) is 88.5 cm³/mol. The summed E-state index contributed by atoms with van der Waals surface area (Å²) in [6.45, 7) is 6.97. The number of nitrogens with zero attached hydrogens (tertiary/aromatic N) is 2. The van der Waals surface area contributed by atoms with Crippen LogP contribution in [0.15, 0.2) is 30.3 Å². The smallest absolute Gasteiger partial charge is 0.0235 e. The van der Waals surface area contributed by atoms with Crippen molar-refractivity contribution >= 4 is 0 Å². The fourth-order valence-corrected chi connectivity index (χ4v) is 3.91. The minimum absolute atomic E-state index is 0.478. The normalized spacial score (nSPS) is 26.0. The summed E-state index contributed by atoms with van der Waals surface area (Å²) in [6, 6.07) is 11.6. The molecule has 3 heteroatoms. The second kappa shape index (κ2) is 7.39. The Bertz CT molecular complexity index is 414. The van der Waals surface area contributed by atoms with Crippen LogP contribution in [0.5, 0.6) is 0 Å². The van der Waals surface area contributed by atoms with Gasteiger partial charge in [0.15, 0.2) is 0 Å². The zero-order valence-corrected chi connectivity index (χ0v) is 13.1. The Balaban J connectivity index is 1.53. The highest BCUT2D eigenvalue weighted by Gasteiger charge is 2.29. The van der Waals surface area contributed by atoms with Crippen LogP contribution in [0, 0.1) is 0 Å². The van der Waals surface area contributed by atoms with Gasteiger partial charge in [-0.25, -0.2) is 0 Å². The highest BCUT2D eigenvalue weighted by atomic mass is 15.3. The van der Waals surface area contributed by atoms with E-state index in [1.165, 1.54) is 57.4 Å². The first-order chi connectivity index (χ1) is 10.4. The fraction of sp³-hybridized carbons (Fsp3) is 0.667. The molecule has 2 fully saturated rings. The van der Waals surface area contributed by atoms with E-state index in [1.807, 2.05) is 0 Å². The van der Waals surface area contributed by atoms with E-state index >= 15 is 0 Å². The van der Waals surface area contributed by atoms with Gasteiger partial charge in [0.05, 0.1) is 0 Å².